The van der Waals surface area contributed by atoms with Crippen molar-refractivity contribution in [1.29, 1.82) is 0 Å². The van der Waals surface area contributed by atoms with E-state index in [1.807, 2.05) is 71.6 Å². The Balaban J connectivity index is 1.42. The van der Waals surface area contributed by atoms with Crippen molar-refractivity contribution in [2.45, 2.75) is 27.2 Å². The van der Waals surface area contributed by atoms with Crippen LogP contribution in [0.3, 0.4) is 0 Å². The Bertz CT molecular complexity index is 1890. The quantitative estimate of drug-likeness (QED) is 0.266. The molecule has 0 amide bonds. The molecule has 0 atom stereocenters. The highest BCUT2D eigenvalue weighted by Crippen LogP contribution is 2.28. The van der Waals surface area contributed by atoms with E-state index in [1.54, 1.807) is 0 Å². The van der Waals surface area contributed by atoms with Crippen LogP contribution in [-0.4, -0.2) is 31.0 Å². The number of fused-ring (bicyclic) bond motifs is 1. The molecule has 0 aliphatic rings. The van der Waals surface area contributed by atoms with Gasteiger partial charge in [-0.15, -0.1) is 5.10 Å². The standard InChI is InChI=1S/C31H27N5O2S/c1-4-16-38-25-14-12-22(13-15-25)29-32-31-36(34-29)30(37)27(39-31)18-23-19-35(24-8-6-5-7-9-24)33-28(23)26-17-20(2)10-11-21(26)3/h5-15,17-19H,4,16H2,1-3H3. The zero-order valence-corrected chi connectivity index (χ0v) is 22.8. The lowest BCUT2D eigenvalue weighted by Gasteiger charge is -2.05. The maximum atomic E-state index is 13.4. The predicted molar refractivity (Wildman–Crippen MR) is 156 cm³/mol. The topological polar surface area (TPSA) is 74.3 Å². The smallest absolute Gasteiger partial charge is 0.291 e. The van der Waals surface area contributed by atoms with E-state index in [-0.39, 0.29) is 5.56 Å². The normalized spacial score (nSPS) is 11.9. The molecule has 7 nitrogen and oxygen atoms in total. The molecule has 0 unspecified atom stereocenters. The van der Waals surface area contributed by atoms with Gasteiger partial charge in [0.05, 0.1) is 16.8 Å². The minimum Gasteiger partial charge on any atom is -0.494 e. The van der Waals surface area contributed by atoms with Gasteiger partial charge < -0.3 is 4.74 Å². The maximum absolute atomic E-state index is 13.4. The summed E-state index contributed by atoms with van der Waals surface area (Å²) in [6.45, 7) is 6.89. The summed E-state index contributed by atoms with van der Waals surface area (Å²) >= 11 is 1.32. The van der Waals surface area contributed by atoms with Crippen molar-refractivity contribution in [3.05, 3.63) is 111 Å². The van der Waals surface area contributed by atoms with Crippen LogP contribution in [0.1, 0.15) is 30.0 Å². The van der Waals surface area contributed by atoms with Crippen LogP contribution in [0, 0.1) is 13.8 Å². The largest absolute Gasteiger partial charge is 0.494 e. The predicted octanol–water partition coefficient (Wildman–Crippen LogP) is 5.62. The van der Waals surface area contributed by atoms with Gasteiger partial charge in [0.15, 0.2) is 5.82 Å². The summed E-state index contributed by atoms with van der Waals surface area (Å²) in [6.07, 6.45) is 4.81. The highest BCUT2D eigenvalue weighted by Gasteiger charge is 2.16. The summed E-state index contributed by atoms with van der Waals surface area (Å²) in [6, 6.07) is 23.9. The number of aryl methyl sites for hydroxylation is 2. The number of aromatic nitrogens is 5. The first kappa shape index (κ1) is 24.8. The second kappa shape index (κ2) is 10.3. The molecular weight excluding hydrogens is 506 g/mol. The van der Waals surface area contributed by atoms with E-state index in [4.69, 9.17) is 9.84 Å². The van der Waals surface area contributed by atoms with E-state index in [2.05, 4.69) is 49.1 Å². The molecule has 0 saturated heterocycles. The fraction of sp³-hybridized carbons (Fsp3) is 0.161. The molecule has 0 radical (unpaired) electrons. The third-order valence-corrected chi connectivity index (χ3v) is 7.42. The Kier molecular flexibility index (Phi) is 6.54. The van der Waals surface area contributed by atoms with Crippen LogP contribution in [0.5, 0.6) is 5.75 Å². The summed E-state index contributed by atoms with van der Waals surface area (Å²) < 4.78 is 9.46. The summed E-state index contributed by atoms with van der Waals surface area (Å²) in [5, 5.41) is 9.46. The van der Waals surface area contributed by atoms with Crippen molar-refractivity contribution in [2.75, 3.05) is 6.61 Å². The number of thiazole rings is 1. The molecule has 0 aliphatic carbocycles. The molecule has 6 rings (SSSR count). The van der Waals surface area contributed by atoms with Crippen LogP contribution in [0.4, 0.5) is 0 Å². The summed E-state index contributed by atoms with van der Waals surface area (Å²) in [5.74, 6) is 1.32. The van der Waals surface area contributed by atoms with Crippen molar-refractivity contribution >= 4 is 22.4 Å². The minimum absolute atomic E-state index is 0.198. The fourth-order valence-corrected chi connectivity index (χ4v) is 5.32. The molecule has 3 aromatic heterocycles. The Morgan fingerprint density at radius 3 is 2.51 bits per heavy atom. The van der Waals surface area contributed by atoms with E-state index in [0.717, 1.165) is 51.4 Å². The van der Waals surface area contributed by atoms with E-state index < -0.39 is 0 Å². The molecule has 0 aliphatic heterocycles. The molecule has 3 aromatic carbocycles. The molecule has 194 valence electrons. The number of ether oxygens (including phenoxy) is 1. The van der Waals surface area contributed by atoms with Crippen molar-refractivity contribution < 1.29 is 4.74 Å². The van der Waals surface area contributed by atoms with Crippen molar-refractivity contribution in [3.63, 3.8) is 0 Å². The van der Waals surface area contributed by atoms with Gasteiger partial charge in [-0.05, 0) is 74.4 Å². The van der Waals surface area contributed by atoms with Gasteiger partial charge in [-0.2, -0.15) is 14.6 Å². The zero-order chi connectivity index (χ0) is 26.9. The Labute approximate surface area is 229 Å². The van der Waals surface area contributed by atoms with Gasteiger partial charge in [0.1, 0.15) is 11.4 Å². The zero-order valence-electron chi connectivity index (χ0n) is 22.0. The average Bonchev–Trinajstić information content (AvgIpc) is 3.65. The third kappa shape index (κ3) is 4.86. The molecule has 3 heterocycles. The SMILES string of the molecule is CCCOc1ccc(-c2nc3sc(=Cc4cn(-c5ccccc5)nc4-c4cc(C)ccc4C)c(=O)n3n2)cc1. The van der Waals surface area contributed by atoms with E-state index in [9.17, 15) is 4.79 Å². The number of nitrogens with zero attached hydrogens (tertiary/aromatic N) is 5. The maximum Gasteiger partial charge on any atom is 0.291 e. The van der Waals surface area contributed by atoms with Crippen LogP contribution in [0.25, 0.3) is 39.4 Å². The molecular formula is C31H27N5O2S. The van der Waals surface area contributed by atoms with Gasteiger partial charge in [-0.1, -0.05) is 54.2 Å². The monoisotopic (exact) mass is 533 g/mol. The number of hydrogen-bond donors (Lipinski definition) is 0. The second-order valence-corrected chi connectivity index (χ2v) is 10.5. The third-order valence-electron chi connectivity index (χ3n) is 6.47. The first-order valence-electron chi connectivity index (χ1n) is 12.9. The number of para-hydroxylation sites is 1. The first-order chi connectivity index (χ1) is 19.0. The van der Waals surface area contributed by atoms with Crippen LogP contribution < -0.4 is 14.8 Å². The van der Waals surface area contributed by atoms with Crippen molar-refractivity contribution in [1.82, 2.24) is 24.4 Å². The van der Waals surface area contributed by atoms with Crippen LogP contribution >= 0.6 is 11.3 Å². The van der Waals surface area contributed by atoms with Crippen LogP contribution in [0.15, 0.2) is 83.8 Å². The molecule has 0 N–H and O–H groups in total. The van der Waals surface area contributed by atoms with Gasteiger partial charge in [0.25, 0.3) is 5.56 Å². The Morgan fingerprint density at radius 1 is 0.974 bits per heavy atom. The highest BCUT2D eigenvalue weighted by molar-refractivity contribution is 7.15. The molecule has 8 heteroatoms. The molecule has 39 heavy (non-hydrogen) atoms. The van der Waals surface area contributed by atoms with E-state index >= 15 is 0 Å². The van der Waals surface area contributed by atoms with E-state index in [0.29, 0.717) is 21.9 Å². The van der Waals surface area contributed by atoms with Crippen molar-refractivity contribution in [3.8, 4) is 34.1 Å². The van der Waals surface area contributed by atoms with Crippen LogP contribution in [0.2, 0.25) is 0 Å². The lowest BCUT2D eigenvalue weighted by atomic mass is 10.0. The summed E-state index contributed by atoms with van der Waals surface area (Å²) in [7, 11) is 0. The van der Waals surface area contributed by atoms with E-state index in [1.165, 1.54) is 15.9 Å². The van der Waals surface area contributed by atoms with Gasteiger partial charge in [0.2, 0.25) is 4.96 Å². The summed E-state index contributed by atoms with van der Waals surface area (Å²) in [4.78, 5) is 18.6. The number of hydrogen-bond acceptors (Lipinski definition) is 6. The molecule has 0 bridgehead atoms. The average molecular weight is 534 g/mol. The van der Waals surface area contributed by atoms with Crippen LogP contribution in [-0.2, 0) is 0 Å². The lowest BCUT2D eigenvalue weighted by molar-refractivity contribution is 0.317. The minimum atomic E-state index is -0.198. The molecule has 0 saturated carbocycles. The Morgan fingerprint density at radius 2 is 1.77 bits per heavy atom. The van der Waals surface area contributed by atoms with Gasteiger partial charge in [-0.3, -0.25) is 4.79 Å². The first-order valence-corrected chi connectivity index (χ1v) is 13.7. The molecule has 0 fully saturated rings. The number of benzene rings is 3. The fourth-order valence-electron chi connectivity index (χ4n) is 4.42. The summed E-state index contributed by atoms with van der Waals surface area (Å²) in [5.41, 5.74) is 6.57. The molecule has 0 spiro atoms. The highest BCUT2D eigenvalue weighted by atomic mass is 32.1. The van der Waals surface area contributed by atoms with Gasteiger partial charge >= 0.3 is 0 Å². The number of rotatable bonds is 7. The van der Waals surface area contributed by atoms with Crippen molar-refractivity contribution in [2.24, 2.45) is 0 Å². The van der Waals surface area contributed by atoms with Gasteiger partial charge in [0, 0.05) is 22.9 Å². The molecule has 6 aromatic rings. The van der Waals surface area contributed by atoms with Gasteiger partial charge in [-0.25, -0.2) is 4.68 Å². The Hall–Kier alpha value is -4.56. The second-order valence-electron chi connectivity index (χ2n) is 9.45. The lowest BCUT2D eigenvalue weighted by Crippen LogP contribution is -2.23.